The smallest absolute Gasteiger partial charge is 0.463 e. The van der Waals surface area contributed by atoms with Crippen LogP contribution >= 0.6 is 7.82 Å². The first-order chi connectivity index (χ1) is 21.7. The summed E-state index contributed by atoms with van der Waals surface area (Å²) < 4.78 is 27.3. The zero-order valence-electron chi connectivity index (χ0n) is 26.0. The van der Waals surface area contributed by atoms with Crippen LogP contribution in [0.3, 0.4) is 0 Å². The molecule has 0 spiro atoms. The molecule has 5 N–H and O–H groups in total. The molecule has 248 valence electrons. The van der Waals surface area contributed by atoms with Crippen molar-refractivity contribution < 1.29 is 47.5 Å². The van der Waals surface area contributed by atoms with Gasteiger partial charge in [0.2, 0.25) is 6.10 Å². The molecule has 0 fully saturated rings. The van der Waals surface area contributed by atoms with Crippen molar-refractivity contribution in [2.24, 2.45) is 11.7 Å². The van der Waals surface area contributed by atoms with Gasteiger partial charge in [-0.3, -0.25) is 18.9 Å². The summed E-state index contributed by atoms with van der Waals surface area (Å²) >= 11 is 0. The first kappa shape index (κ1) is 36.3. The van der Waals surface area contributed by atoms with Crippen molar-refractivity contribution >= 4 is 31.5 Å². The Labute approximate surface area is 266 Å². The molecule has 3 rings (SSSR count). The van der Waals surface area contributed by atoms with Crippen LogP contribution < -0.4 is 11.1 Å². The molecule has 14 nitrogen and oxygen atoms in total. The fourth-order valence-electron chi connectivity index (χ4n) is 4.38. The highest BCUT2D eigenvalue weighted by atomic mass is 31.2. The van der Waals surface area contributed by atoms with E-state index in [1.807, 2.05) is 54.6 Å². The van der Waals surface area contributed by atoms with Gasteiger partial charge in [0.05, 0.1) is 6.61 Å². The standard InChI is InChI=1S/C31H39N4O10P/c1-5-43-30(38)27(45-31(39)28(32)19(2)3)16-24(15-21-11-13-23(14-12-21)22-9-7-6-8-10-22)33-29(37)26-17-25(20(4)36)34-35(26)18-44-46(40,41)42/h6-14,17,19,24,27-28H,5,15-16,18,32H2,1-4H3,(H,33,37)(H2,40,41,42)/t24-,27-,28+/m1/s1. The van der Waals surface area contributed by atoms with E-state index in [-0.39, 0.29) is 36.8 Å². The number of phosphoric acid groups is 1. The van der Waals surface area contributed by atoms with Crippen LogP contribution in [0.5, 0.6) is 0 Å². The summed E-state index contributed by atoms with van der Waals surface area (Å²) in [6.45, 7) is 5.43. The number of ketones is 1. The molecular formula is C31H39N4O10P. The Kier molecular flexibility index (Phi) is 12.9. The van der Waals surface area contributed by atoms with Crippen molar-refractivity contribution in [2.45, 2.75) is 65.5 Å². The molecule has 1 aromatic heterocycles. The predicted octanol–water partition coefficient (Wildman–Crippen LogP) is 3.01. The molecule has 15 heteroatoms. The van der Waals surface area contributed by atoms with E-state index in [0.717, 1.165) is 27.4 Å². The van der Waals surface area contributed by atoms with Crippen molar-refractivity contribution in [1.29, 1.82) is 0 Å². The minimum Gasteiger partial charge on any atom is -0.463 e. The van der Waals surface area contributed by atoms with Gasteiger partial charge in [-0.25, -0.2) is 14.0 Å². The van der Waals surface area contributed by atoms with E-state index in [2.05, 4.69) is 14.9 Å². The molecule has 0 aliphatic carbocycles. The second kappa shape index (κ2) is 16.4. The fraction of sp³-hybridized carbons (Fsp3) is 0.387. The second-order valence-corrected chi connectivity index (χ2v) is 12.1. The van der Waals surface area contributed by atoms with E-state index in [9.17, 15) is 23.7 Å². The van der Waals surface area contributed by atoms with Gasteiger partial charge in [-0.05, 0) is 36.0 Å². The van der Waals surface area contributed by atoms with Crippen LogP contribution in [0.15, 0.2) is 60.7 Å². The maximum atomic E-state index is 13.6. The van der Waals surface area contributed by atoms with E-state index in [1.165, 1.54) is 6.92 Å². The number of hydrogen-bond acceptors (Lipinski definition) is 10. The number of Topliss-reactive ketones (excluding diaryl/α,β-unsaturated/α-hetero) is 1. The van der Waals surface area contributed by atoms with Crippen LogP contribution in [0.2, 0.25) is 0 Å². The van der Waals surface area contributed by atoms with Crippen LogP contribution in [0.1, 0.15) is 60.7 Å². The first-order valence-corrected chi connectivity index (χ1v) is 16.1. The molecule has 0 saturated carbocycles. The maximum Gasteiger partial charge on any atom is 0.471 e. The van der Waals surface area contributed by atoms with Crippen LogP contribution in [-0.2, 0) is 41.3 Å². The normalized spacial score (nSPS) is 13.5. The maximum absolute atomic E-state index is 13.6. The molecular weight excluding hydrogens is 619 g/mol. The zero-order chi connectivity index (χ0) is 34.0. The van der Waals surface area contributed by atoms with Gasteiger partial charge in [-0.15, -0.1) is 0 Å². The first-order valence-electron chi connectivity index (χ1n) is 14.5. The lowest BCUT2D eigenvalue weighted by molar-refractivity contribution is -0.169. The number of hydrogen-bond donors (Lipinski definition) is 4. The Morgan fingerprint density at radius 3 is 2.20 bits per heavy atom. The molecule has 1 amide bonds. The van der Waals surface area contributed by atoms with Crippen molar-refractivity contribution in [3.8, 4) is 11.1 Å². The van der Waals surface area contributed by atoms with Crippen LogP contribution in [0.25, 0.3) is 11.1 Å². The Balaban J connectivity index is 1.95. The summed E-state index contributed by atoms with van der Waals surface area (Å²) in [6.07, 6.45) is -1.48. The molecule has 0 unspecified atom stereocenters. The predicted molar refractivity (Wildman–Crippen MR) is 166 cm³/mol. The number of nitrogens with two attached hydrogens (primary N) is 1. The van der Waals surface area contributed by atoms with E-state index in [4.69, 9.17) is 25.0 Å². The summed E-state index contributed by atoms with van der Waals surface area (Å²) in [5.74, 6) is -3.23. The van der Waals surface area contributed by atoms with Gasteiger partial charge in [-0.1, -0.05) is 68.4 Å². The highest BCUT2D eigenvalue weighted by Crippen LogP contribution is 2.36. The summed E-state index contributed by atoms with van der Waals surface area (Å²) in [5, 5.41) is 6.71. The van der Waals surface area contributed by atoms with Crippen molar-refractivity contribution in [3.63, 3.8) is 0 Å². The van der Waals surface area contributed by atoms with Crippen LogP contribution in [0, 0.1) is 5.92 Å². The number of esters is 2. The van der Waals surface area contributed by atoms with E-state index >= 15 is 0 Å². The Morgan fingerprint density at radius 2 is 1.63 bits per heavy atom. The largest absolute Gasteiger partial charge is 0.471 e. The van der Waals surface area contributed by atoms with Crippen molar-refractivity contribution in [1.82, 2.24) is 15.1 Å². The zero-order valence-corrected chi connectivity index (χ0v) is 26.9. The average Bonchev–Trinajstić information content (AvgIpc) is 3.45. The van der Waals surface area contributed by atoms with E-state index in [0.29, 0.717) is 0 Å². The van der Waals surface area contributed by atoms with Gasteiger partial charge in [0, 0.05) is 25.5 Å². The van der Waals surface area contributed by atoms with Gasteiger partial charge in [0.25, 0.3) is 5.91 Å². The molecule has 0 radical (unpaired) electrons. The number of carbonyl (C=O) groups excluding carboxylic acids is 4. The SMILES string of the molecule is CCOC(=O)[C@@H](C[C@@H](Cc1ccc(-c2ccccc2)cc1)NC(=O)c1cc(C(C)=O)nn1COP(=O)(O)O)OC(=O)[C@@H](N)C(C)C. The minimum absolute atomic E-state index is 0.00761. The third kappa shape index (κ3) is 10.7. The summed E-state index contributed by atoms with van der Waals surface area (Å²) in [7, 11) is -4.95. The molecule has 3 aromatic rings. The molecule has 1 heterocycles. The van der Waals surface area contributed by atoms with Gasteiger partial charge >= 0.3 is 19.8 Å². The molecule has 0 aliphatic rings. The number of phosphoric ester groups is 1. The number of aromatic nitrogens is 2. The molecule has 0 saturated heterocycles. The Bertz CT molecular complexity index is 1550. The van der Waals surface area contributed by atoms with Crippen LogP contribution in [-0.4, -0.2) is 68.0 Å². The summed E-state index contributed by atoms with van der Waals surface area (Å²) in [6, 6.07) is 16.5. The van der Waals surface area contributed by atoms with Gasteiger partial charge in [0.15, 0.2) is 12.5 Å². The van der Waals surface area contributed by atoms with E-state index < -0.39 is 56.4 Å². The van der Waals surface area contributed by atoms with Gasteiger partial charge in [0.1, 0.15) is 17.4 Å². The Hall–Kier alpha value is -4.20. The third-order valence-electron chi connectivity index (χ3n) is 6.90. The number of rotatable bonds is 16. The molecule has 0 bridgehead atoms. The lowest BCUT2D eigenvalue weighted by Crippen LogP contribution is -2.45. The lowest BCUT2D eigenvalue weighted by atomic mass is 9.97. The molecule has 46 heavy (non-hydrogen) atoms. The number of nitrogens with zero attached hydrogens (tertiary/aromatic N) is 2. The second-order valence-electron chi connectivity index (χ2n) is 10.8. The van der Waals surface area contributed by atoms with Gasteiger partial charge in [-0.2, -0.15) is 5.10 Å². The quantitative estimate of drug-likeness (QED) is 0.0995. The van der Waals surface area contributed by atoms with E-state index in [1.54, 1.807) is 20.8 Å². The van der Waals surface area contributed by atoms with Crippen LogP contribution in [0.4, 0.5) is 0 Å². The average molecular weight is 659 g/mol. The lowest BCUT2D eigenvalue weighted by Gasteiger charge is -2.25. The fourth-order valence-corrected chi connectivity index (χ4v) is 4.64. The molecule has 2 aromatic carbocycles. The van der Waals surface area contributed by atoms with Crippen molar-refractivity contribution in [2.75, 3.05) is 6.61 Å². The highest BCUT2D eigenvalue weighted by molar-refractivity contribution is 7.46. The highest BCUT2D eigenvalue weighted by Gasteiger charge is 2.32. The van der Waals surface area contributed by atoms with Crippen molar-refractivity contribution in [3.05, 3.63) is 77.6 Å². The number of nitrogens with one attached hydrogen (secondary N) is 1. The number of amides is 1. The number of benzene rings is 2. The number of ether oxygens (including phenoxy) is 2. The van der Waals surface area contributed by atoms with Gasteiger partial charge < -0.3 is 30.3 Å². The summed E-state index contributed by atoms with van der Waals surface area (Å²) in [5.41, 5.74) is 8.29. The molecule has 0 aliphatic heterocycles. The number of carbonyl (C=O) groups is 4. The molecule has 3 atom stereocenters. The third-order valence-corrected chi connectivity index (χ3v) is 7.35. The summed E-state index contributed by atoms with van der Waals surface area (Å²) in [4.78, 5) is 69.6. The topological polar surface area (TPSA) is 209 Å². The Morgan fingerprint density at radius 1 is 1.00 bits per heavy atom. The minimum atomic E-state index is -4.95. The monoisotopic (exact) mass is 658 g/mol.